The van der Waals surface area contributed by atoms with Gasteiger partial charge in [0.05, 0.1) is 6.61 Å². The molecule has 0 unspecified atom stereocenters. The first-order chi connectivity index (χ1) is 7.23. The molecule has 2 N–H and O–H groups in total. The van der Waals surface area contributed by atoms with E-state index in [1.807, 2.05) is 0 Å². The predicted molar refractivity (Wildman–Crippen MR) is 61.0 cm³/mol. The Morgan fingerprint density at radius 2 is 2.13 bits per heavy atom. The fourth-order valence-corrected chi connectivity index (χ4v) is 2.30. The van der Waals surface area contributed by atoms with Crippen molar-refractivity contribution in [3.63, 3.8) is 0 Å². The van der Waals surface area contributed by atoms with E-state index in [1.165, 1.54) is 22.2 Å². The van der Waals surface area contributed by atoms with Gasteiger partial charge in [-0.2, -0.15) is 0 Å². The topological polar surface area (TPSA) is 36.0 Å². The van der Waals surface area contributed by atoms with Crippen molar-refractivity contribution in [2.24, 2.45) is 0 Å². The second kappa shape index (κ2) is 2.86. The Hall–Kier alpha value is -1.28. The van der Waals surface area contributed by atoms with Crippen LogP contribution in [0.25, 0.3) is 10.9 Å². The molecular weight excluding hydrogens is 186 g/mol. The Morgan fingerprint density at radius 1 is 1.33 bits per heavy atom. The molecule has 78 valence electrons. The summed E-state index contributed by atoms with van der Waals surface area (Å²) in [7, 11) is 0. The van der Waals surface area contributed by atoms with E-state index in [2.05, 4.69) is 36.2 Å². The standard InChI is InChI=1S/C13H15NO/c1-9-6-10-7-11(2-3-12(10)14-9)13(8-15)4-5-13/h2-3,6-7,14-15H,4-5,8H2,1H3. The second-order valence-corrected chi connectivity index (χ2v) is 4.69. The number of aliphatic hydroxyl groups is 1. The molecule has 1 fully saturated rings. The molecule has 3 rings (SSSR count). The van der Waals surface area contributed by atoms with E-state index in [4.69, 9.17) is 0 Å². The summed E-state index contributed by atoms with van der Waals surface area (Å²) in [4.78, 5) is 3.31. The van der Waals surface area contributed by atoms with E-state index in [-0.39, 0.29) is 12.0 Å². The highest BCUT2D eigenvalue weighted by molar-refractivity contribution is 5.81. The molecule has 0 spiro atoms. The van der Waals surface area contributed by atoms with Crippen molar-refractivity contribution in [3.05, 3.63) is 35.5 Å². The summed E-state index contributed by atoms with van der Waals surface area (Å²) in [5.74, 6) is 0. The molecule has 2 aromatic rings. The van der Waals surface area contributed by atoms with Crippen molar-refractivity contribution in [3.8, 4) is 0 Å². The number of aromatic amines is 1. The van der Waals surface area contributed by atoms with Crippen LogP contribution < -0.4 is 0 Å². The fraction of sp³-hybridized carbons (Fsp3) is 0.385. The third-order valence-electron chi connectivity index (χ3n) is 3.52. The number of nitrogens with one attached hydrogen (secondary N) is 1. The number of aliphatic hydroxyl groups excluding tert-OH is 1. The van der Waals surface area contributed by atoms with Gasteiger partial charge in [-0.15, -0.1) is 0 Å². The van der Waals surface area contributed by atoms with Crippen molar-refractivity contribution < 1.29 is 5.11 Å². The highest BCUT2D eigenvalue weighted by atomic mass is 16.3. The van der Waals surface area contributed by atoms with Gasteiger partial charge in [-0.3, -0.25) is 0 Å². The Labute approximate surface area is 88.9 Å². The first kappa shape index (κ1) is 8.98. The summed E-state index contributed by atoms with van der Waals surface area (Å²) in [5.41, 5.74) is 3.75. The lowest BCUT2D eigenvalue weighted by Crippen LogP contribution is -2.11. The minimum absolute atomic E-state index is 0.0827. The largest absolute Gasteiger partial charge is 0.395 e. The summed E-state index contributed by atoms with van der Waals surface area (Å²) < 4.78 is 0. The monoisotopic (exact) mass is 201 g/mol. The lowest BCUT2D eigenvalue weighted by molar-refractivity contribution is 0.255. The van der Waals surface area contributed by atoms with Crippen LogP contribution in [0.5, 0.6) is 0 Å². The van der Waals surface area contributed by atoms with Gasteiger partial charge in [-0.05, 0) is 48.9 Å². The van der Waals surface area contributed by atoms with Gasteiger partial charge in [-0.25, -0.2) is 0 Å². The Bertz CT molecular complexity index is 508. The third-order valence-corrected chi connectivity index (χ3v) is 3.52. The molecule has 1 aromatic heterocycles. The van der Waals surface area contributed by atoms with Crippen LogP contribution in [0, 0.1) is 6.92 Å². The van der Waals surface area contributed by atoms with Crippen LogP contribution in [0.15, 0.2) is 24.3 Å². The van der Waals surface area contributed by atoms with Crippen molar-refractivity contribution in [1.82, 2.24) is 4.98 Å². The van der Waals surface area contributed by atoms with Gasteiger partial charge in [0.2, 0.25) is 0 Å². The predicted octanol–water partition coefficient (Wildman–Crippen LogP) is 2.50. The molecular formula is C13H15NO. The first-order valence-corrected chi connectivity index (χ1v) is 5.44. The van der Waals surface area contributed by atoms with Gasteiger partial charge < -0.3 is 10.1 Å². The molecule has 1 aliphatic rings. The van der Waals surface area contributed by atoms with Crippen LogP contribution in [-0.2, 0) is 5.41 Å². The molecule has 0 amide bonds. The number of aryl methyl sites for hydroxylation is 1. The van der Waals surface area contributed by atoms with Gasteiger partial charge in [0, 0.05) is 16.6 Å². The fourth-order valence-electron chi connectivity index (χ4n) is 2.30. The van der Waals surface area contributed by atoms with Crippen LogP contribution in [0.3, 0.4) is 0 Å². The van der Waals surface area contributed by atoms with E-state index in [0.717, 1.165) is 12.8 Å². The minimum Gasteiger partial charge on any atom is -0.395 e. The second-order valence-electron chi connectivity index (χ2n) is 4.69. The zero-order chi connectivity index (χ0) is 10.5. The summed E-state index contributed by atoms with van der Waals surface area (Å²) in [5, 5.41) is 10.6. The van der Waals surface area contributed by atoms with Gasteiger partial charge in [0.15, 0.2) is 0 Å². The van der Waals surface area contributed by atoms with Gasteiger partial charge in [0.25, 0.3) is 0 Å². The van der Waals surface area contributed by atoms with Crippen LogP contribution >= 0.6 is 0 Å². The molecule has 0 saturated heterocycles. The summed E-state index contributed by atoms with van der Waals surface area (Å²) in [6.07, 6.45) is 2.25. The SMILES string of the molecule is Cc1cc2cc(C3(CO)CC3)ccc2[nH]1. The normalized spacial score (nSPS) is 18.3. The Balaban J connectivity index is 2.13. The number of fused-ring (bicyclic) bond motifs is 1. The highest BCUT2D eigenvalue weighted by Crippen LogP contribution is 2.48. The maximum absolute atomic E-state index is 9.38. The zero-order valence-corrected chi connectivity index (χ0v) is 8.88. The zero-order valence-electron chi connectivity index (χ0n) is 8.88. The summed E-state index contributed by atoms with van der Waals surface area (Å²) >= 11 is 0. The summed E-state index contributed by atoms with van der Waals surface area (Å²) in [6, 6.07) is 8.63. The van der Waals surface area contributed by atoms with E-state index < -0.39 is 0 Å². The number of benzene rings is 1. The average Bonchev–Trinajstić information content (AvgIpc) is 2.94. The smallest absolute Gasteiger partial charge is 0.0527 e. The van der Waals surface area contributed by atoms with Crippen LogP contribution in [0.4, 0.5) is 0 Å². The number of hydrogen-bond donors (Lipinski definition) is 2. The van der Waals surface area contributed by atoms with Gasteiger partial charge in [0.1, 0.15) is 0 Å². The number of aromatic nitrogens is 1. The van der Waals surface area contributed by atoms with Gasteiger partial charge >= 0.3 is 0 Å². The molecule has 0 atom stereocenters. The summed E-state index contributed by atoms with van der Waals surface area (Å²) in [6.45, 7) is 2.35. The van der Waals surface area contributed by atoms with E-state index in [0.29, 0.717) is 0 Å². The molecule has 1 aliphatic carbocycles. The van der Waals surface area contributed by atoms with Gasteiger partial charge in [-0.1, -0.05) is 6.07 Å². The molecule has 1 heterocycles. The number of rotatable bonds is 2. The molecule has 1 saturated carbocycles. The van der Waals surface area contributed by atoms with Crippen molar-refractivity contribution in [2.75, 3.05) is 6.61 Å². The Kier molecular flexibility index (Phi) is 1.71. The highest BCUT2D eigenvalue weighted by Gasteiger charge is 2.43. The van der Waals surface area contributed by atoms with E-state index in [1.54, 1.807) is 0 Å². The van der Waals surface area contributed by atoms with E-state index >= 15 is 0 Å². The van der Waals surface area contributed by atoms with Crippen molar-refractivity contribution in [1.29, 1.82) is 0 Å². The number of H-pyrrole nitrogens is 1. The lowest BCUT2D eigenvalue weighted by Gasteiger charge is -2.11. The first-order valence-electron chi connectivity index (χ1n) is 5.44. The average molecular weight is 201 g/mol. The number of hydrogen-bond acceptors (Lipinski definition) is 1. The molecule has 0 bridgehead atoms. The van der Waals surface area contributed by atoms with Crippen LogP contribution in [-0.4, -0.2) is 16.7 Å². The third kappa shape index (κ3) is 1.29. The molecule has 0 radical (unpaired) electrons. The minimum atomic E-state index is 0.0827. The van der Waals surface area contributed by atoms with Crippen LogP contribution in [0.1, 0.15) is 24.1 Å². The molecule has 15 heavy (non-hydrogen) atoms. The lowest BCUT2D eigenvalue weighted by atomic mass is 9.96. The molecule has 2 heteroatoms. The maximum atomic E-state index is 9.38. The molecule has 2 nitrogen and oxygen atoms in total. The van der Waals surface area contributed by atoms with Crippen molar-refractivity contribution >= 4 is 10.9 Å². The molecule has 1 aromatic carbocycles. The van der Waals surface area contributed by atoms with Crippen LogP contribution in [0.2, 0.25) is 0 Å². The van der Waals surface area contributed by atoms with Crippen molar-refractivity contribution in [2.45, 2.75) is 25.2 Å². The quantitative estimate of drug-likeness (QED) is 0.769. The molecule has 0 aliphatic heterocycles. The Morgan fingerprint density at radius 3 is 2.80 bits per heavy atom. The maximum Gasteiger partial charge on any atom is 0.0527 e. The van der Waals surface area contributed by atoms with E-state index in [9.17, 15) is 5.11 Å².